The molecular formula is C23H23N5O3. The summed E-state index contributed by atoms with van der Waals surface area (Å²) in [6, 6.07) is 17.7. The van der Waals surface area contributed by atoms with Gasteiger partial charge in [-0.25, -0.2) is 0 Å². The number of amides is 1. The van der Waals surface area contributed by atoms with Crippen molar-refractivity contribution in [1.82, 2.24) is 25.6 Å². The van der Waals surface area contributed by atoms with Crippen LogP contribution in [-0.4, -0.2) is 59.0 Å². The number of aromatic nitrogens is 3. The minimum absolute atomic E-state index is 0.0731. The van der Waals surface area contributed by atoms with Gasteiger partial charge in [-0.2, -0.15) is 5.10 Å². The molecule has 0 radical (unpaired) electrons. The van der Waals surface area contributed by atoms with Gasteiger partial charge in [0.05, 0.1) is 31.0 Å². The van der Waals surface area contributed by atoms with E-state index < -0.39 is 0 Å². The molecule has 0 spiro atoms. The van der Waals surface area contributed by atoms with Crippen LogP contribution in [0.1, 0.15) is 22.1 Å². The normalized spacial score (nSPS) is 15.7. The van der Waals surface area contributed by atoms with E-state index in [4.69, 9.17) is 9.26 Å². The molecular weight excluding hydrogens is 394 g/mol. The smallest absolute Gasteiger partial charge is 0.273 e. The molecule has 1 fully saturated rings. The van der Waals surface area contributed by atoms with E-state index in [0.717, 1.165) is 29.6 Å². The van der Waals surface area contributed by atoms with E-state index in [1.165, 1.54) is 5.56 Å². The lowest BCUT2D eigenvalue weighted by Gasteiger charge is -2.34. The van der Waals surface area contributed by atoms with Crippen LogP contribution in [0.5, 0.6) is 0 Å². The Hall–Kier alpha value is -3.49. The van der Waals surface area contributed by atoms with E-state index in [1.54, 1.807) is 12.3 Å². The van der Waals surface area contributed by atoms with E-state index in [1.807, 2.05) is 36.4 Å². The summed E-state index contributed by atoms with van der Waals surface area (Å²) in [5.41, 5.74) is 3.21. The number of hydrogen-bond acceptors (Lipinski definition) is 6. The Bertz CT molecular complexity index is 1160. The first-order chi connectivity index (χ1) is 15.3. The van der Waals surface area contributed by atoms with Crippen molar-refractivity contribution in [2.24, 2.45) is 0 Å². The number of ether oxygens (including phenoxy) is 1. The second-order valence-corrected chi connectivity index (χ2v) is 7.53. The molecule has 31 heavy (non-hydrogen) atoms. The molecule has 1 aliphatic heterocycles. The van der Waals surface area contributed by atoms with Crippen LogP contribution in [0.2, 0.25) is 0 Å². The summed E-state index contributed by atoms with van der Waals surface area (Å²) >= 11 is 0. The van der Waals surface area contributed by atoms with Crippen molar-refractivity contribution in [1.29, 1.82) is 0 Å². The Morgan fingerprint density at radius 1 is 1.13 bits per heavy atom. The van der Waals surface area contributed by atoms with Gasteiger partial charge in [0.25, 0.3) is 5.91 Å². The fourth-order valence-electron chi connectivity index (χ4n) is 3.92. The fraction of sp³-hybridized carbons (Fsp3) is 0.261. The van der Waals surface area contributed by atoms with Gasteiger partial charge >= 0.3 is 0 Å². The molecule has 8 heteroatoms. The minimum atomic E-state index is -0.256. The highest BCUT2D eigenvalue weighted by Gasteiger charge is 2.24. The summed E-state index contributed by atoms with van der Waals surface area (Å²) in [4.78, 5) is 15.1. The maximum absolute atomic E-state index is 12.8. The lowest BCUT2D eigenvalue weighted by atomic mass is 10.0. The van der Waals surface area contributed by atoms with Gasteiger partial charge in [-0.15, -0.1) is 0 Å². The Labute approximate surface area is 179 Å². The van der Waals surface area contributed by atoms with Crippen LogP contribution in [0.15, 0.2) is 65.3 Å². The van der Waals surface area contributed by atoms with Crippen molar-refractivity contribution in [3.05, 3.63) is 72.1 Å². The number of benzene rings is 2. The lowest BCUT2D eigenvalue weighted by molar-refractivity contribution is 0.0162. The molecule has 2 aromatic carbocycles. The molecule has 1 saturated heterocycles. The third kappa shape index (κ3) is 4.21. The summed E-state index contributed by atoms with van der Waals surface area (Å²) in [5.74, 6) is 0.287. The predicted molar refractivity (Wildman–Crippen MR) is 115 cm³/mol. The molecule has 1 unspecified atom stereocenters. The van der Waals surface area contributed by atoms with Gasteiger partial charge in [0, 0.05) is 36.7 Å². The molecule has 2 aromatic heterocycles. The SMILES string of the molecule is O=C(NCC(c1ccccc1)N1CCOCC1)c1cc(-c2ccc3[nH]ncc3c2)on1. The van der Waals surface area contributed by atoms with Gasteiger partial charge in [0.15, 0.2) is 11.5 Å². The highest BCUT2D eigenvalue weighted by molar-refractivity contribution is 5.93. The Balaban J connectivity index is 1.29. The van der Waals surface area contributed by atoms with E-state index >= 15 is 0 Å². The molecule has 0 saturated carbocycles. The summed E-state index contributed by atoms with van der Waals surface area (Å²) in [7, 11) is 0. The number of hydrogen-bond donors (Lipinski definition) is 2. The second kappa shape index (κ2) is 8.71. The Morgan fingerprint density at radius 2 is 1.97 bits per heavy atom. The number of H-pyrrole nitrogens is 1. The summed E-state index contributed by atoms with van der Waals surface area (Å²) in [6.45, 7) is 3.54. The third-order valence-electron chi connectivity index (χ3n) is 5.59. The van der Waals surface area contributed by atoms with E-state index in [9.17, 15) is 4.79 Å². The molecule has 5 rings (SSSR count). The van der Waals surface area contributed by atoms with Crippen LogP contribution in [0.25, 0.3) is 22.2 Å². The van der Waals surface area contributed by atoms with Gasteiger partial charge in [-0.1, -0.05) is 35.5 Å². The first-order valence-corrected chi connectivity index (χ1v) is 10.3. The molecule has 4 aromatic rings. The first-order valence-electron chi connectivity index (χ1n) is 10.3. The molecule has 0 aliphatic carbocycles. The number of carbonyl (C=O) groups is 1. The lowest BCUT2D eigenvalue weighted by Crippen LogP contribution is -2.43. The van der Waals surface area contributed by atoms with Crippen molar-refractivity contribution in [3.63, 3.8) is 0 Å². The number of nitrogens with one attached hydrogen (secondary N) is 2. The average Bonchev–Trinajstić information content (AvgIpc) is 3.50. The highest BCUT2D eigenvalue weighted by Crippen LogP contribution is 2.25. The van der Waals surface area contributed by atoms with Crippen molar-refractivity contribution >= 4 is 16.8 Å². The minimum Gasteiger partial charge on any atom is -0.379 e. The Morgan fingerprint density at radius 3 is 2.81 bits per heavy atom. The van der Waals surface area contributed by atoms with Crippen molar-refractivity contribution < 1.29 is 14.1 Å². The summed E-state index contributed by atoms with van der Waals surface area (Å²) in [5, 5.41) is 14.9. The van der Waals surface area contributed by atoms with Crippen LogP contribution in [0.3, 0.4) is 0 Å². The summed E-state index contributed by atoms with van der Waals surface area (Å²) in [6.07, 6.45) is 1.75. The van der Waals surface area contributed by atoms with Crippen LogP contribution < -0.4 is 5.32 Å². The molecule has 1 atom stereocenters. The molecule has 8 nitrogen and oxygen atoms in total. The monoisotopic (exact) mass is 417 g/mol. The van der Waals surface area contributed by atoms with Gasteiger partial charge in [-0.3, -0.25) is 14.8 Å². The number of fused-ring (bicyclic) bond motifs is 1. The number of rotatable bonds is 6. The fourth-order valence-corrected chi connectivity index (χ4v) is 3.92. The van der Waals surface area contributed by atoms with Crippen LogP contribution >= 0.6 is 0 Å². The van der Waals surface area contributed by atoms with Crippen LogP contribution in [0, 0.1) is 0 Å². The van der Waals surface area contributed by atoms with Crippen molar-refractivity contribution in [3.8, 4) is 11.3 Å². The molecule has 3 heterocycles. The van der Waals surface area contributed by atoms with Crippen molar-refractivity contribution in [2.45, 2.75) is 6.04 Å². The van der Waals surface area contributed by atoms with E-state index in [0.29, 0.717) is 25.5 Å². The van der Waals surface area contributed by atoms with Gasteiger partial charge in [0.2, 0.25) is 0 Å². The molecule has 2 N–H and O–H groups in total. The molecule has 158 valence electrons. The topological polar surface area (TPSA) is 96.3 Å². The molecule has 0 bridgehead atoms. The number of aromatic amines is 1. The van der Waals surface area contributed by atoms with Crippen LogP contribution in [-0.2, 0) is 4.74 Å². The van der Waals surface area contributed by atoms with E-state index in [-0.39, 0.29) is 17.6 Å². The predicted octanol–water partition coefficient (Wildman–Crippen LogP) is 3.02. The number of nitrogens with zero attached hydrogens (tertiary/aromatic N) is 3. The largest absolute Gasteiger partial charge is 0.379 e. The third-order valence-corrected chi connectivity index (χ3v) is 5.59. The maximum atomic E-state index is 12.8. The highest BCUT2D eigenvalue weighted by atomic mass is 16.5. The quantitative estimate of drug-likeness (QED) is 0.501. The van der Waals surface area contributed by atoms with Gasteiger partial charge < -0.3 is 14.6 Å². The number of carbonyl (C=O) groups excluding carboxylic acids is 1. The molecule has 1 aliphatic rings. The van der Waals surface area contributed by atoms with E-state index in [2.05, 4.69) is 37.7 Å². The zero-order valence-electron chi connectivity index (χ0n) is 17.0. The maximum Gasteiger partial charge on any atom is 0.273 e. The Kier molecular flexibility index (Phi) is 5.47. The zero-order chi connectivity index (χ0) is 21.0. The van der Waals surface area contributed by atoms with Crippen molar-refractivity contribution in [2.75, 3.05) is 32.8 Å². The zero-order valence-corrected chi connectivity index (χ0v) is 17.0. The number of morpholine rings is 1. The second-order valence-electron chi connectivity index (χ2n) is 7.53. The van der Waals surface area contributed by atoms with Gasteiger partial charge in [-0.05, 0) is 23.8 Å². The first kappa shape index (κ1) is 19.5. The summed E-state index contributed by atoms with van der Waals surface area (Å²) < 4.78 is 10.9. The van der Waals surface area contributed by atoms with Gasteiger partial charge in [0.1, 0.15) is 0 Å². The molecule has 1 amide bonds. The standard InChI is InChI=1S/C23H23N5O3/c29-23(20-13-22(31-27-20)17-6-7-19-18(12-17)14-25-26-19)24-15-21(16-4-2-1-3-5-16)28-8-10-30-11-9-28/h1-7,12-14,21H,8-11,15H2,(H,24,29)(H,25,26). The average molecular weight is 417 g/mol. The van der Waals surface area contributed by atoms with Crippen LogP contribution in [0.4, 0.5) is 0 Å².